The average Bonchev–Trinajstić information content (AvgIpc) is 2.49. The van der Waals surface area contributed by atoms with Crippen LogP contribution in [0.4, 0.5) is 10.8 Å². The molecule has 1 aromatic heterocycles. The molecule has 0 saturated heterocycles. The maximum absolute atomic E-state index is 9.33. The minimum atomic E-state index is -0.215. The monoisotopic (exact) mass is 215 g/mol. The van der Waals surface area contributed by atoms with Crippen molar-refractivity contribution in [3.05, 3.63) is 5.56 Å². The van der Waals surface area contributed by atoms with Gasteiger partial charge < -0.3 is 16.2 Å². The van der Waals surface area contributed by atoms with Gasteiger partial charge in [0.15, 0.2) is 0 Å². The lowest BCUT2D eigenvalue weighted by Crippen LogP contribution is -2.12. The van der Waals surface area contributed by atoms with Gasteiger partial charge in [0.1, 0.15) is 10.8 Å². The topological polar surface area (TPSA) is 71.2 Å². The van der Waals surface area contributed by atoms with Crippen molar-refractivity contribution in [2.45, 2.75) is 32.8 Å². The Morgan fingerprint density at radius 1 is 1.64 bits per heavy atom. The zero-order chi connectivity index (χ0) is 10.6. The number of nitrogens with two attached hydrogens (primary N) is 1. The summed E-state index contributed by atoms with van der Waals surface area (Å²) < 4.78 is 4.03. The van der Waals surface area contributed by atoms with Gasteiger partial charge >= 0.3 is 0 Å². The van der Waals surface area contributed by atoms with Gasteiger partial charge in [0.2, 0.25) is 0 Å². The largest absolute Gasteiger partial charge is 0.393 e. The lowest BCUT2D eigenvalue weighted by atomic mass is 10.2. The van der Waals surface area contributed by atoms with E-state index in [0.29, 0.717) is 5.82 Å². The normalized spacial score (nSPS) is 12.8. The van der Waals surface area contributed by atoms with Crippen molar-refractivity contribution in [1.82, 2.24) is 4.37 Å². The molecule has 1 unspecified atom stereocenters. The molecule has 0 saturated carbocycles. The lowest BCUT2D eigenvalue weighted by molar-refractivity contribution is 0.164. The first-order valence-electron chi connectivity index (χ1n) is 4.78. The number of aromatic nitrogens is 1. The molecule has 4 nitrogen and oxygen atoms in total. The first-order chi connectivity index (χ1) is 6.65. The molecule has 1 atom stereocenters. The van der Waals surface area contributed by atoms with E-state index >= 15 is 0 Å². The number of anilines is 2. The summed E-state index contributed by atoms with van der Waals surface area (Å²) in [4.78, 5) is 0. The summed E-state index contributed by atoms with van der Waals surface area (Å²) in [6.07, 6.45) is 1.34. The Labute approximate surface area is 88.3 Å². The summed E-state index contributed by atoms with van der Waals surface area (Å²) in [5, 5.41) is 13.6. The molecular weight excluding hydrogens is 198 g/mol. The van der Waals surface area contributed by atoms with Gasteiger partial charge in [-0.2, -0.15) is 4.37 Å². The van der Waals surface area contributed by atoms with Crippen molar-refractivity contribution < 1.29 is 5.11 Å². The molecule has 14 heavy (non-hydrogen) atoms. The number of aliphatic hydroxyl groups is 1. The minimum Gasteiger partial charge on any atom is -0.393 e. The third-order valence-electron chi connectivity index (χ3n) is 2.19. The van der Waals surface area contributed by atoms with E-state index in [9.17, 15) is 5.11 Å². The van der Waals surface area contributed by atoms with Crippen molar-refractivity contribution in [3.8, 4) is 0 Å². The highest BCUT2D eigenvalue weighted by Crippen LogP contribution is 2.25. The lowest BCUT2D eigenvalue weighted by Gasteiger charge is -2.08. The van der Waals surface area contributed by atoms with Crippen LogP contribution in [0.15, 0.2) is 0 Å². The number of nitrogens with zero attached hydrogens (tertiary/aromatic N) is 1. The molecule has 1 aromatic rings. The Kier molecular flexibility index (Phi) is 4.16. The number of hydrogen-bond donors (Lipinski definition) is 3. The molecule has 0 radical (unpaired) electrons. The molecule has 0 fully saturated rings. The first-order valence-corrected chi connectivity index (χ1v) is 5.56. The van der Waals surface area contributed by atoms with Gasteiger partial charge in [0, 0.05) is 12.1 Å². The summed E-state index contributed by atoms with van der Waals surface area (Å²) in [6, 6.07) is 0. The molecule has 0 spiro atoms. The molecule has 0 aliphatic carbocycles. The van der Waals surface area contributed by atoms with E-state index in [2.05, 4.69) is 9.69 Å². The van der Waals surface area contributed by atoms with Crippen LogP contribution < -0.4 is 11.1 Å². The van der Waals surface area contributed by atoms with Crippen molar-refractivity contribution in [2.24, 2.45) is 0 Å². The Balaban J connectivity index is 2.35. The van der Waals surface area contributed by atoms with Crippen molar-refractivity contribution in [1.29, 1.82) is 0 Å². The summed E-state index contributed by atoms with van der Waals surface area (Å²) in [6.45, 7) is 4.68. The van der Waals surface area contributed by atoms with E-state index in [4.69, 9.17) is 5.73 Å². The summed E-state index contributed by atoms with van der Waals surface area (Å²) in [7, 11) is 0. The van der Waals surface area contributed by atoms with E-state index in [1.165, 1.54) is 11.5 Å². The molecule has 80 valence electrons. The number of rotatable bonds is 5. The van der Waals surface area contributed by atoms with Crippen molar-refractivity contribution in [2.75, 3.05) is 17.6 Å². The molecule has 0 bridgehead atoms. The predicted octanol–water partition coefficient (Wildman–Crippen LogP) is 1.61. The van der Waals surface area contributed by atoms with Gasteiger partial charge in [-0.3, -0.25) is 0 Å². The molecule has 5 heteroatoms. The van der Waals surface area contributed by atoms with E-state index in [1.54, 1.807) is 0 Å². The van der Waals surface area contributed by atoms with Crippen LogP contribution in [0.3, 0.4) is 0 Å². The van der Waals surface area contributed by atoms with Crippen molar-refractivity contribution in [3.63, 3.8) is 0 Å². The highest BCUT2D eigenvalue weighted by atomic mass is 32.1. The van der Waals surface area contributed by atoms with E-state index < -0.39 is 0 Å². The number of hydrogen-bond acceptors (Lipinski definition) is 5. The van der Waals surface area contributed by atoms with Crippen LogP contribution in [0.5, 0.6) is 0 Å². The fourth-order valence-electron chi connectivity index (χ4n) is 1.07. The minimum absolute atomic E-state index is 0.215. The Morgan fingerprint density at radius 2 is 2.36 bits per heavy atom. The second kappa shape index (κ2) is 5.17. The van der Waals surface area contributed by atoms with Crippen LogP contribution in [-0.4, -0.2) is 22.1 Å². The fraction of sp³-hybridized carbons (Fsp3) is 0.667. The number of aliphatic hydroxyl groups excluding tert-OH is 1. The zero-order valence-electron chi connectivity index (χ0n) is 8.58. The average molecular weight is 215 g/mol. The van der Waals surface area contributed by atoms with Gasteiger partial charge in [-0.25, -0.2) is 0 Å². The van der Waals surface area contributed by atoms with Gasteiger partial charge in [0.05, 0.1) is 6.10 Å². The maximum Gasteiger partial charge on any atom is 0.142 e. The van der Waals surface area contributed by atoms with Crippen LogP contribution in [0.2, 0.25) is 0 Å². The predicted molar refractivity (Wildman–Crippen MR) is 60.7 cm³/mol. The summed E-state index contributed by atoms with van der Waals surface area (Å²) in [5.41, 5.74) is 6.61. The molecule has 0 aliphatic heterocycles. The third kappa shape index (κ3) is 2.85. The van der Waals surface area contributed by atoms with Gasteiger partial charge in [-0.05, 0) is 31.3 Å². The number of nitrogen functional groups attached to an aromatic ring is 1. The molecular formula is C9H17N3OS. The fourth-order valence-corrected chi connectivity index (χ4v) is 1.80. The van der Waals surface area contributed by atoms with Gasteiger partial charge in [-0.15, -0.1) is 0 Å². The highest BCUT2D eigenvalue weighted by Gasteiger charge is 2.06. The van der Waals surface area contributed by atoms with Crippen LogP contribution in [-0.2, 0) is 0 Å². The van der Waals surface area contributed by atoms with E-state index in [0.717, 1.165) is 30.0 Å². The third-order valence-corrected chi connectivity index (χ3v) is 3.12. The van der Waals surface area contributed by atoms with Crippen LogP contribution >= 0.6 is 11.5 Å². The van der Waals surface area contributed by atoms with Gasteiger partial charge in [-0.1, -0.05) is 6.92 Å². The molecule has 1 rings (SSSR count). The first kappa shape index (κ1) is 11.3. The standard InChI is InChI=1S/C9H17N3OS/c1-3-7(13)4-5-11-9-6(2)8(10)12-14-9/h7,11,13H,3-5H2,1-2H3,(H2,10,12). The smallest absolute Gasteiger partial charge is 0.142 e. The summed E-state index contributed by atoms with van der Waals surface area (Å²) >= 11 is 1.37. The van der Waals surface area contributed by atoms with Crippen molar-refractivity contribution >= 4 is 22.4 Å². The molecule has 0 amide bonds. The maximum atomic E-state index is 9.33. The molecule has 1 heterocycles. The van der Waals surface area contributed by atoms with Crippen LogP contribution in [0.25, 0.3) is 0 Å². The van der Waals surface area contributed by atoms with Crippen LogP contribution in [0, 0.1) is 6.92 Å². The summed E-state index contributed by atoms with van der Waals surface area (Å²) in [5.74, 6) is 0.591. The highest BCUT2D eigenvalue weighted by molar-refractivity contribution is 7.10. The van der Waals surface area contributed by atoms with Crippen LogP contribution in [0.1, 0.15) is 25.3 Å². The zero-order valence-corrected chi connectivity index (χ0v) is 9.40. The molecule has 0 aliphatic rings. The Morgan fingerprint density at radius 3 is 2.86 bits per heavy atom. The van der Waals surface area contributed by atoms with E-state index in [1.807, 2.05) is 13.8 Å². The molecule has 0 aromatic carbocycles. The Hall–Kier alpha value is -0.810. The second-order valence-electron chi connectivity index (χ2n) is 3.30. The number of nitrogens with one attached hydrogen (secondary N) is 1. The van der Waals surface area contributed by atoms with Gasteiger partial charge in [0.25, 0.3) is 0 Å². The quantitative estimate of drug-likeness (QED) is 0.698. The SMILES string of the molecule is CCC(O)CCNc1snc(N)c1C. The second-order valence-corrected chi connectivity index (χ2v) is 4.07. The van der Waals surface area contributed by atoms with E-state index in [-0.39, 0.29) is 6.10 Å². The molecule has 4 N–H and O–H groups in total. The Bertz CT molecular complexity index is 288.